The van der Waals surface area contributed by atoms with Gasteiger partial charge in [-0.3, -0.25) is 0 Å². The number of benzene rings is 1. The van der Waals surface area contributed by atoms with Gasteiger partial charge in [0.05, 0.1) is 0 Å². The molecule has 1 aromatic carbocycles. The summed E-state index contributed by atoms with van der Waals surface area (Å²) in [5, 5.41) is 7.21. The van der Waals surface area contributed by atoms with E-state index in [1.165, 1.54) is 6.42 Å². The normalized spacial score (nSPS) is 21.1. The fourth-order valence-corrected chi connectivity index (χ4v) is 2.00. The molecule has 1 aromatic rings. The Kier molecular flexibility index (Phi) is 3.70. The zero-order chi connectivity index (χ0) is 11.4. The van der Waals surface area contributed by atoms with Crippen molar-refractivity contribution in [2.75, 3.05) is 11.9 Å². The Bertz CT molecular complexity index is 384. The van der Waals surface area contributed by atoms with Crippen molar-refractivity contribution >= 4 is 17.3 Å². The molecule has 2 rings (SSSR count). The average molecular weight is 238 g/mol. The predicted octanol–water partition coefficient (Wildman–Crippen LogP) is 2.30. The molecule has 0 amide bonds. The molecule has 3 nitrogen and oxygen atoms in total. The lowest BCUT2D eigenvalue weighted by Gasteiger charge is -2.11. The first-order valence-corrected chi connectivity index (χ1v) is 5.84. The number of halogens is 1. The van der Waals surface area contributed by atoms with Crippen molar-refractivity contribution in [1.82, 2.24) is 5.32 Å². The third kappa shape index (κ3) is 2.90. The fraction of sp³-hybridized carbons (Fsp3) is 0.333. The standard InChI is InChI=1S/C12H16ClN3/c13-9-3-1-4-10(7-9)16-8-11(14)12-5-2-6-15-12/h1,3-4,7-8,12,15-16H,2,5-6,14H2/b11-8-. The van der Waals surface area contributed by atoms with Crippen LogP contribution in [-0.4, -0.2) is 12.6 Å². The van der Waals surface area contributed by atoms with Crippen LogP contribution in [0, 0.1) is 0 Å². The first-order valence-electron chi connectivity index (χ1n) is 5.47. The van der Waals surface area contributed by atoms with Crippen LogP contribution in [0.5, 0.6) is 0 Å². The summed E-state index contributed by atoms with van der Waals surface area (Å²) in [6.07, 6.45) is 4.14. The van der Waals surface area contributed by atoms with Crippen molar-refractivity contribution in [3.05, 3.63) is 41.2 Å². The topological polar surface area (TPSA) is 50.1 Å². The van der Waals surface area contributed by atoms with Gasteiger partial charge in [-0.1, -0.05) is 17.7 Å². The maximum atomic E-state index is 5.97. The van der Waals surface area contributed by atoms with Gasteiger partial charge in [0.25, 0.3) is 0 Å². The second-order valence-corrected chi connectivity index (χ2v) is 4.38. The van der Waals surface area contributed by atoms with Crippen molar-refractivity contribution in [3.8, 4) is 0 Å². The van der Waals surface area contributed by atoms with Crippen LogP contribution in [-0.2, 0) is 0 Å². The zero-order valence-electron chi connectivity index (χ0n) is 9.04. The monoisotopic (exact) mass is 237 g/mol. The van der Waals surface area contributed by atoms with Gasteiger partial charge >= 0.3 is 0 Å². The van der Waals surface area contributed by atoms with E-state index in [0.29, 0.717) is 6.04 Å². The van der Waals surface area contributed by atoms with Gasteiger partial charge in [0.15, 0.2) is 0 Å². The summed E-state index contributed by atoms with van der Waals surface area (Å²) in [6.45, 7) is 1.05. The molecule has 0 spiro atoms. The summed E-state index contributed by atoms with van der Waals surface area (Å²) in [5.74, 6) is 0. The van der Waals surface area contributed by atoms with E-state index in [1.54, 1.807) is 0 Å². The highest BCUT2D eigenvalue weighted by Crippen LogP contribution is 2.16. The van der Waals surface area contributed by atoms with Gasteiger partial charge in [-0.25, -0.2) is 0 Å². The van der Waals surface area contributed by atoms with Crippen molar-refractivity contribution in [3.63, 3.8) is 0 Å². The Labute approximate surface area is 101 Å². The van der Waals surface area contributed by atoms with Crippen molar-refractivity contribution in [2.45, 2.75) is 18.9 Å². The Morgan fingerprint density at radius 3 is 3.12 bits per heavy atom. The first kappa shape index (κ1) is 11.3. The molecule has 1 aliphatic rings. The minimum Gasteiger partial charge on any atom is -0.400 e. The molecule has 0 aliphatic carbocycles. The van der Waals surface area contributed by atoms with Crippen molar-refractivity contribution in [2.24, 2.45) is 5.73 Å². The number of nitrogens with one attached hydrogen (secondary N) is 2. The molecule has 1 saturated heterocycles. The van der Waals surface area contributed by atoms with E-state index in [9.17, 15) is 0 Å². The number of rotatable bonds is 3. The predicted molar refractivity (Wildman–Crippen MR) is 68.4 cm³/mol. The van der Waals surface area contributed by atoms with E-state index in [2.05, 4.69) is 10.6 Å². The highest BCUT2D eigenvalue weighted by atomic mass is 35.5. The number of nitrogens with two attached hydrogens (primary N) is 1. The molecule has 0 saturated carbocycles. The molecular formula is C12H16ClN3. The molecule has 86 valence electrons. The van der Waals surface area contributed by atoms with E-state index in [1.807, 2.05) is 30.5 Å². The van der Waals surface area contributed by atoms with Gasteiger partial charge < -0.3 is 16.4 Å². The van der Waals surface area contributed by atoms with Crippen LogP contribution in [0.4, 0.5) is 5.69 Å². The summed E-state index contributed by atoms with van der Waals surface area (Å²) < 4.78 is 0. The van der Waals surface area contributed by atoms with Crippen LogP contribution < -0.4 is 16.4 Å². The van der Waals surface area contributed by atoms with E-state index in [-0.39, 0.29) is 0 Å². The summed E-state index contributed by atoms with van der Waals surface area (Å²) in [6, 6.07) is 7.89. The lowest BCUT2D eigenvalue weighted by molar-refractivity contribution is 0.681. The third-order valence-electron chi connectivity index (χ3n) is 2.69. The second-order valence-electron chi connectivity index (χ2n) is 3.95. The first-order chi connectivity index (χ1) is 7.75. The van der Waals surface area contributed by atoms with Gasteiger partial charge in [0, 0.05) is 28.6 Å². The zero-order valence-corrected chi connectivity index (χ0v) is 9.80. The number of hydrogen-bond donors (Lipinski definition) is 3. The lowest BCUT2D eigenvalue weighted by Crippen LogP contribution is -2.28. The van der Waals surface area contributed by atoms with Gasteiger partial charge in [-0.05, 0) is 37.6 Å². The van der Waals surface area contributed by atoms with Crippen LogP contribution in [0.2, 0.25) is 5.02 Å². The molecule has 0 radical (unpaired) electrons. The highest BCUT2D eigenvalue weighted by molar-refractivity contribution is 6.30. The third-order valence-corrected chi connectivity index (χ3v) is 2.93. The number of hydrogen-bond acceptors (Lipinski definition) is 3. The van der Waals surface area contributed by atoms with Crippen LogP contribution in [0.15, 0.2) is 36.2 Å². The SMILES string of the molecule is N/C(=C\Nc1cccc(Cl)c1)C1CCCN1. The summed E-state index contributed by atoms with van der Waals surface area (Å²) >= 11 is 5.88. The molecule has 1 fully saturated rings. The fourth-order valence-electron chi connectivity index (χ4n) is 1.81. The van der Waals surface area contributed by atoms with Crippen LogP contribution >= 0.6 is 11.6 Å². The van der Waals surface area contributed by atoms with Gasteiger partial charge in [-0.15, -0.1) is 0 Å². The molecule has 16 heavy (non-hydrogen) atoms. The second kappa shape index (κ2) is 5.23. The quantitative estimate of drug-likeness (QED) is 0.756. The molecule has 1 aliphatic heterocycles. The minimum absolute atomic E-state index is 0.312. The van der Waals surface area contributed by atoms with Crippen molar-refractivity contribution in [1.29, 1.82) is 0 Å². The Morgan fingerprint density at radius 1 is 1.56 bits per heavy atom. The van der Waals surface area contributed by atoms with Gasteiger partial charge in [0.1, 0.15) is 0 Å². The Morgan fingerprint density at radius 2 is 2.44 bits per heavy atom. The molecule has 0 bridgehead atoms. The van der Waals surface area contributed by atoms with E-state index < -0.39 is 0 Å². The summed E-state index contributed by atoms with van der Waals surface area (Å²) in [5.41, 5.74) is 7.77. The average Bonchev–Trinajstić information content (AvgIpc) is 2.79. The van der Waals surface area contributed by atoms with E-state index >= 15 is 0 Å². The Balaban J connectivity index is 1.97. The van der Waals surface area contributed by atoms with Crippen LogP contribution in [0.25, 0.3) is 0 Å². The molecule has 1 unspecified atom stereocenters. The van der Waals surface area contributed by atoms with E-state index in [4.69, 9.17) is 17.3 Å². The van der Waals surface area contributed by atoms with E-state index in [0.717, 1.165) is 29.4 Å². The Hall–Kier alpha value is -1.19. The number of anilines is 1. The molecule has 0 aromatic heterocycles. The molecule has 4 N–H and O–H groups in total. The highest BCUT2D eigenvalue weighted by Gasteiger charge is 2.15. The molecular weight excluding hydrogens is 222 g/mol. The minimum atomic E-state index is 0.312. The van der Waals surface area contributed by atoms with Crippen LogP contribution in [0.3, 0.4) is 0 Å². The summed E-state index contributed by atoms with van der Waals surface area (Å²) in [7, 11) is 0. The van der Waals surface area contributed by atoms with Crippen molar-refractivity contribution < 1.29 is 0 Å². The van der Waals surface area contributed by atoms with Gasteiger partial charge in [-0.2, -0.15) is 0 Å². The summed E-state index contributed by atoms with van der Waals surface area (Å²) in [4.78, 5) is 0. The smallest absolute Gasteiger partial charge is 0.0482 e. The largest absolute Gasteiger partial charge is 0.400 e. The molecule has 1 heterocycles. The van der Waals surface area contributed by atoms with Crippen LogP contribution in [0.1, 0.15) is 12.8 Å². The molecule has 4 heteroatoms. The maximum Gasteiger partial charge on any atom is 0.0482 e. The van der Waals surface area contributed by atoms with Gasteiger partial charge in [0.2, 0.25) is 0 Å². The maximum absolute atomic E-state index is 5.97. The lowest BCUT2D eigenvalue weighted by atomic mass is 10.2. The molecule has 1 atom stereocenters.